The first-order valence-electron chi connectivity index (χ1n) is 4.38. The number of pyridine rings is 1. The Balaban J connectivity index is 0.00000112. The van der Waals surface area contributed by atoms with Crippen LogP contribution in [0.15, 0.2) is 18.2 Å². The maximum absolute atomic E-state index is 9.62. The number of nitrogens with zero attached hydrogens (tertiary/aromatic N) is 1. The van der Waals surface area contributed by atoms with E-state index >= 15 is 0 Å². The Bertz CT molecular complexity index is 511. The van der Waals surface area contributed by atoms with Crippen molar-refractivity contribution in [2.45, 2.75) is 13.8 Å². The van der Waals surface area contributed by atoms with E-state index in [4.69, 9.17) is 0 Å². The summed E-state index contributed by atoms with van der Waals surface area (Å²) in [5.74, 6) is 0.257. The first-order chi connectivity index (χ1) is 6.59. The first kappa shape index (κ1) is 11.8. The normalized spacial score (nSPS) is 10.0. The molecule has 2 rings (SSSR count). The molecule has 1 heterocycles. The highest BCUT2D eigenvalue weighted by Gasteiger charge is 2.08. The highest BCUT2D eigenvalue weighted by molar-refractivity contribution is 8.93. The minimum Gasteiger partial charge on any atom is -0.507 e. The molecule has 0 aliphatic rings. The maximum Gasteiger partial charge on any atom is 0.142 e. The van der Waals surface area contributed by atoms with Crippen LogP contribution < -0.4 is 0 Å². The van der Waals surface area contributed by atoms with Gasteiger partial charge in [-0.1, -0.05) is 0 Å². The van der Waals surface area contributed by atoms with Crippen molar-refractivity contribution < 1.29 is 10.2 Å². The second kappa shape index (κ2) is 4.06. The minimum absolute atomic E-state index is 0. The molecule has 0 fully saturated rings. The van der Waals surface area contributed by atoms with Crippen molar-refractivity contribution in [3.05, 3.63) is 29.5 Å². The molecule has 4 heteroatoms. The van der Waals surface area contributed by atoms with Crippen molar-refractivity contribution in [2.24, 2.45) is 0 Å². The number of hydrogen-bond donors (Lipinski definition) is 2. The molecule has 2 N–H and O–H groups in total. The number of benzene rings is 1. The fourth-order valence-electron chi connectivity index (χ4n) is 1.67. The third-order valence-corrected chi connectivity index (χ3v) is 2.24. The highest BCUT2D eigenvalue weighted by atomic mass is 79.9. The van der Waals surface area contributed by atoms with E-state index in [0.29, 0.717) is 10.9 Å². The molecule has 80 valence electrons. The van der Waals surface area contributed by atoms with Crippen LogP contribution in [0.2, 0.25) is 0 Å². The van der Waals surface area contributed by atoms with Crippen molar-refractivity contribution in [2.75, 3.05) is 0 Å². The Hall–Kier alpha value is -1.29. The molecule has 2 aromatic rings. The van der Waals surface area contributed by atoms with Crippen LogP contribution in [0.1, 0.15) is 11.3 Å². The van der Waals surface area contributed by atoms with Crippen LogP contribution in [-0.2, 0) is 0 Å². The number of aryl methyl sites for hydroxylation is 2. The summed E-state index contributed by atoms with van der Waals surface area (Å²) in [5.41, 5.74) is 2.21. The predicted octanol–water partition coefficient (Wildman–Crippen LogP) is 2.84. The van der Waals surface area contributed by atoms with Crippen LogP contribution in [0, 0.1) is 13.8 Å². The molecule has 0 bridgehead atoms. The average Bonchev–Trinajstić information content (AvgIpc) is 2.10. The van der Waals surface area contributed by atoms with E-state index in [2.05, 4.69) is 4.98 Å². The number of rotatable bonds is 0. The predicted molar refractivity (Wildman–Crippen MR) is 64.9 cm³/mol. The largest absolute Gasteiger partial charge is 0.507 e. The van der Waals surface area contributed by atoms with Gasteiger partial charge in [-0.3, -0.25) is 0 Å². The number of hydrogen-bond acceptors (Lipinski definition) is 3. The standard InChI is InChI=1S/C11H11NO2.BrH/c1-6-5-7(2)12-11-9(14)4-3-8(13)10(6)11;/h3-5,13-14H,1-2H3;1H. The zero-order valence-electron chi connectivity index (χ0n) is 8.48. The van der Waals surface area contributed by atoms with Crippen molar-refractivity contribution in [1.82, 2.24) is 4.98 Å². The fraction of sp³-hybridized carbons (Fsp3) is 0.182. The highest BCUT2D eigenvalue weighted by Crippen LogP contribution is 2.32. The van der Waals surface area contributed by atoms with E-state index in [1.165, 1.54) is 12.1 Å². The van der Waals surface area contributed by atoms with Gasteiger partial charge in [-0.2, -0.15) is 0 Å². The van der Waals surface area contributed by atoms with Gasteiger partial charge in [0.05, 0.1) is 0 Å². The van der Waals surface area contributed by atoms with Crippen LogP contribution in [-0.4, -0.2) is 15.2 Å². The van der Waals surface area contributed by atoms with Gasteiger partial charge in [0, 0.05) is 11.1 Å². The summed E-state index contributed by atoms with van der Waals surface area (Å²) in [5, 5.41) is 19.8. The topological polar surface area (TPSA) is 53.4 Å². The van der Waals surface area contributed by atoms with E-state index in [0.717, 1.165) is 11.3 Å². The molecule has 0 unspecified atom stereocenters. The molecule has 1 aromatic heterocycles. The zero-order chi connectivity index (χ0) is 10.3. The molecule has 0 atom stereocenters. The monoisotopic (exact) mass is 269 g/mol. The number of phenolic OH excluding ortho intramolecular Hbond substituents is 2. The van der Waals surface area contributed by atoms with Gasteiger partial charge >= 0.3 is 0 Å². The Labute approximate surface area is 98.2 Å². The number of aromatic hydroxyl groups is 2. The number of fused-ring (bicyclic) bond motifs is 1. The summed E-state index contributed by atoms with van der Waals surface area (Å²) >= 11 is 0. The van der Waals surface area contributed by atoms with E-state index in [9.17, 15) is 10.2 Å². The first-order valence-corrected chi connectivity index (χ1v) is 4.38. The van der Waals surface area contributed by atoms with Crippen LogP contribution in [0.3, 0.4) is 0 Å². The summed E-state index contributed by atoms with van der Waals surface area (Å²) in [6.45, 7) is 3.74. The fourth-order valence-corrected chi connectivity index (χ4v) is 1.67. The summed E-state index contributed by atoms with van der Waals surface area (Å²) in [6.07, 6.45) is 0. The lowest BCUT2D eigenvalue weighted by Gasteiger charge is -2.06. The van der Waals surface area contributed by atoms with Crippen molar-refractivity contribution >= 4 is 27.9 Å². The molecule has 3 nitrogen and oxygen atoms in total. The Morgan fingerprint density at radius 3 is 2.33 bits per heavy atom. The van der Waals surface area contributed by atoms with Crippen LogP contribution >= 0.6 is 17.0 Å². The molecule has 0 aliphatic carbocycles. The van der Waals surface area contributed by atoms with E-state index in [1.54, 1.807) is 0 Å². The van der Waals surface area contributed by atoms with E-state index in [-0.39, 0.29) is 28.5 Å². The maximum atomic E-state index is 9.62. The lowest BCUT2D eigenvalue weighted by Crippen LogP contribution is -1.88. The molecular weight excluding hydrogens is 258 g/mol. The SMILES string of the molecule is Br.Cc1cc(C)c2c(O)ccc(O)c2n1. The molecule has 15 heavy (non-hydrogen) atoms. The van der Waals surface area contributed by atoms with Crippen molar-refractivity contribution in [3.63, 3.8) is 0 Å². The lowest BCUT2D eigenvalue weighted by atomic mass is 10.1. The second-order valence-corrected chi connectivity index (χ2v) is 3.41. The van der Waals surface area contributed by atoms with Gasteiger partial charge in [0.1, 0.15) is 17.0 Å². The lowest BCUT2D eigenvalue weighted by molar-refractivity contribution is 0.468. The molecule has 0 spiro atoms. The Morgan fingerprint density at radius 2 is 1.67 bits per heavy atom. The van der Waals surface area contributed by atoms with Crippen LogP contribution in [0.4, 0.5) is 0 Å². The summed E-state index contributed by atoms with van der Waals surface area (Å²) in [4.78, 5) is 4.19. The van der Waals surface area contributed by atoms with Gasteiger partial charge < -0.3 is 10.2 Å². The van der Waals surface area contributed by atoms with Crippen molar-refractivity contribution in [1.29, 1.82) is 0 Å². The van der Waals surface area contributed by atoms with E-state index in [1.807, 2.05) is 19.9 Å². The number of halogens is 1. The third kappa shape index (κ3) is 1.90. The van der Waals surface area contributed by atoms with Gasteiger partial charge in [0.15, 0.2) is 0 Å². The third-order valence-electron chi connectivity index (χ3n) is 2.24. The van der Waals surface area contributed by atoms with Crippen LogP contribution in [0.5, 0.6) is 11.5 Å². The van der Waals surface area contributed by atoms with E-state index < -0.39 is 0 Å². The molecule has 0 radical (unpaired) electrons. The average molecular weight is 270 g/mol. The van der Waals surface area contributed by atoms with Gasteiger partial charge in [-0.05, 0) is 37.6 Å². The number of aromatic nitrogens is 1. The number of phenols is 2. The van der Waals surface area contributed by atoms with Gasteiger partial charge in [-0.15, -0.1) is 17.0 Å². The summed E-state index contributed by atoms with van der Waals surface area (Å²) < 4.78 is 0. The molecule has 0 saturated heterocycles. The Kier molecular flexibility index (Phi) is 3.19. The molecule has 1 aromatic carbocycles. The quantitative estimate of drug-likeness (QED) is 0.724. The summed E-state index contributed by atoms with van der Waals surface area (Å²) in [6, 6.07) is 4.80. The smallest absolute Gasteiger partial charge is 0.142 e. The molecule has 0 amide bonds. The van der Waals surface area contributed by atoms with Gasteiger partial charge in [-0.25, -0.2) is 4.98 Å². The van der Waals surface area contributed by atoms with Crippen LogP contribution in [0.25, 0.3) is 10.9 Å². The van der Waals surface area contributed by atoms with Gasteiger partial charge in [0.2, 0.25) is 0 Å². The minimum atomic E-state index is 0. The molecule has 0 saturated carbocycles. The molecular formula is C11H12BrNO2. The zero-order valence-corrected chi connectivity index (χ0v) is 10.2. The van der Waals surface area contributed by atoms with Gasteiger partial charge in [0.25, 0.3) is 0 Å². The van der Waals surface area contributed by atoms with Crippen molar-refractivity contribution in [3.8, 4) is 11.5 Å². The molecule has 0 aliphatic heterocycles. The summed E-state index contributed by atoms with van der Waals surface area (Å²) in [7, 11) is 0. The Morgan fingerprint density at radius 1 is 1.07 bits per heavy atom. The second-order valence-electron chi connectivity index (χ2n) is 3.41.